The maximum Gasteiger partial charge on any atom is 0.309 e. The predicted octanol–water partition coefficient (Wildman–Crippen LogP) is 2.07. The number of hydrogen-bond donors (Lipinski definition) is 3. The standard InChI is InChI=1S/C17H32O6/c1-11(2)5-7-14(16(20)21)15(8-6-12(3)4)17(22)23-10-13(19)9-18/h11-15,18-19H,5-10H2,1-4H3,(H,20,21). The number of rotatable bonds is 12. The SMILES string of the molecule is CC(C)CCC(C(=O)O)C(CCC(C)C)C(=O)OCC(O)CO. The van der Waals surface area contributed by atoms with E-state index in [2.05, 4.69) is 0 Å². The van der Waals surface area contributed by atoms with E-state index in [9.17, 15) is 19.8 Å². The van der Waals surface area contributed by atoms with E-state index in [4.69, 9.17) is 9.84 Å². The van der Waals surface area contributed by atoms with Crippen molar-refractivity contribution in [2.24, 2.45) is 23.7 Å². The highest BCUT2D eigenvalue weighted by Gasteiger charge is 2.34. The second kappa shape index (κ2) is 11.4. The van der Waals surface area contributed by atoms with Crippen molar-refractivity contribution in [3.05, 3.63) is 0 Å². The molecule has 0 fully saturated rings. The smallest absolute Gasteiger partial charge is 0.309 e. The molecule has 3 atom stereocenters. The number of aliphatic hydroxyl groups is 2. The van der Waals surface area contributed by atoms with Gasteiger partial charge in [0.05, 0.1) is 18.4 Å². The van der Waals surface area contributed by atoms with Gasteiger partial charge in [-0.2, -0.15) is 0 Å². The van der Waals surface area contributed by atoms with Gasteiger partial charge in [0.15, 0.2) is 0 Å². The van der Waals surface area contributed by atoms with Gasteiger partial charge in [-0.25, -0.2) is 0 Å². The second-order valence-electron chi connectivity index (χ2n) is 6.96. The summed E-state index contributed by atoms with van der Waals surface area (Å²) in [5.74, 6) is -2.38. The Balaban J connectivity index is 4.97. The van der Waals surface area contributed by atoms with Crippen LogP contribution in [0.3, 0.4) is 0 Å². The minimum atomic E-state index is -1.14. The lowest BCUT2D eigenvalue weighted by Crippen LogP contribution is -2.34. The van der Waals surface area contributed by atoms with Crippen LogP contribution in [0.25, 0.3) is 0 Å². The molecule has 0 aromatic rings. The van der Waals surface area contributed by atoms with Gasteiger partial charge >= 0.3 is 11.9 Å². The van der Waals surface area contributed by atoms with E-state index in [0.29, 0.717) is 24.7 Å². The van der Waals surface area contributed by atoms with E-state index in [-0.39, 0.29) is 6.61 Å². The summed E-state index contributed by atoms with van der Waals surface area (Å²) in [6.45, 7) is 7.24. The summed E-state index contributed by atoms with van der Waals surface area (Å²) >= 11 is 0. The summed E-state index contributed by atoms with van der Waals surface area (Å²) in [5.41, 5.74) is 0. The number of carbonyl (C=O) groups excluding carboxylic acids is 1. The lowest BCUT2D eigenvalue weighted by molar-refractivity contribution is -0.161. The molecule has 0 aliphatic carbocycles. The van der Waals surface area contributed by atoms with E-state index < -0.39 is 36.5 Å². The Morgan fingerprint density at radius 1 is 0.913 bits per heavy atom. The van der Waals surface area contributed by atoms with Crippen LogP contribution in [0.5, 0.6) is 0 Å². The van der Waals surface area contributed by atoms with E-state index in [1.165, 1.54) is 0 Å². The summed E-state index contributed by atoms with van der Waals surface area (Å²) in [6.07, 6.45) is 1.19. The Morgan fingerprint density at radius 3 is 1.78 bits per heavy atom. The van der Waals surface area contributed by atoms with E-state index in [1.54, 1.807) is 0 Å². The van der Waals surface area contributed by atoms with Crippen LogP contribution in [-0.2, 0) is 14.3 Å². The number of ether oxygens (including phenoxy) is 1. The predicted molar refractivity (Wildman–Crippen MR) is 86.8 cm³/mol. The normalized spacial score (nSPS) is 15.5. The van der Waals surface area contributed by atoms with Gasteiger partial charge in [0.2, 0.25) is 0 Å². The van der Waals surface area contributed by atoms with Crippen LogP contribution in [-0.4, -0.2) is 46.6 Å². The zero-order valence-corrected chi connectivity index (χ0v) is 14.7. The quantitative estimate of drug-likeness (QED) is 0.473. The molecule has 3 unspecified atom stereocenters. The molecular weight excluding hydrogens is 300 g/mol. The van der Waals surface area contributed by atoms with Crippen molar-refractivity contribution in [2.45, 2.75) is 59.5 Å². The molecule has 6 nitrogen and oxygen atoms in total. The maximum atomic E-state index is 12.3. The van der Waals surface area contributed by atoms with E-state index >= 15 is 0 Å². The molecule has 23 heavy (non-hydrogen) atoms. The molecule has 0 aromatic heterocycles. The van der Waals surface area contributed by atoms with Gasteiger partial charge in [0.1, 0.15) is 12.7 Å². The fourth-order valence-corrected chi connectivity index (χ4v) is 2.34. The Morgan fingerprint density at radius 2 is 1.39 bits per heavy atom. The third-order valence-electron chi connectivity index (χ3n) is 3.84. The average molecular weight is 332 g/mol. The van der Waals surface area contributed by atoms with Crippen molar-refractivity contribution in [1.82, 2.24) is 0 Å². The summed E-state index contributed by atoms with van der Waals surface area (Å²) in [5, 5.41) is 27.6. The van der Waals surface area contributed by atoms with Crippen molar-refractivity contribution in [1.29, 1.82) is 0 Å². The van der Waals surface area contributed by atoms with Crippen LogP contribution in [0.15, 0.2) is 0 Å². The van der Waals surface area contributed by atoms with Gasteiger partial charge in [0.25, 0.3) is 0 Å². The lowest BCUT2D eigenvalue weighted by atomic mass is 9.82. The average Bonchev–Trinajstić information content (AvgIpc) is 2.46. The summed E-state index contributed by atoms with van der Waals surface area (Å²) in [6, 6.07) is 0. The van der Waals surface area contributed by atoms with Crippen molar-refractivity contribution < 1.29 is 29.6 Å². The first kappa shape index (κ1) is 21.9. The molecule has 136 valence electrons. The van der Waals surface area contributed by atoms with Gasteiger partial charge in [0, 0.05) is 0 Å². The monoisotopic (exact) mass is 332 g/mol. The fraction of sp³-hybridized carbons (Fsp3) is 0.882. The summed E-state index contributed by atoms with van der Waals surface area (Å²) < 4.78 is 5.01. The molecule has 0 spiro atoms. The molecule has 6 heteroatoms. The Hall–Kier alpha value is -1.14. The van der Waals surface area contributed by atoms with Gasteiger partial charge in [-0.15, -0.1) is 0 Å². The molecule has 0 rings (SSSR count). The van der Waals surface area contributed by atoms with Crippen molar-refractivity contribution in [2.75, 3.05) is 13.2 Å². The number of carboxylic acid groups (broad SMARTS) is 1. The van der Waals surface area contributed by atoms with Crippen LogP contribution in [0.1, 0.15) is 53.4 Å². The molecule has 0 aliphatic rings. The Bertz CT molecular complexity index is 353. The first-order chi connectivity index (χ1) is 10.7. The molecule has 0 heterocycles. The highest BCUT2D eigenvalue weighted by Crippen LogP contribution is 2.27. The summed E-state index contributed by atoms with van der Waals surface area (Å²) in [7, 11) is 0. The van der Waals surface area contributed by atoms with Crippen molar-refractivity contribution >= 4 is 11.9 Å². The maximum absolute atomic E-state index is 12.3. The largest absolute Gasteiger partial charge is 0.481 e. The molecule has 0 saturated carbocycles. The lowest BCUT2D eigenvalue weighted by Gasteiger charge is -2.24. The van der Waals surface area contributed by atoms with Crippen LogP contribution in [0.2, 0.25) is 0 Å². The zero-order valence-electron chi connectivity index (χ0n) is 14.7. The number of carboxylic acids is 1. The highest BCUT2D eigenvalue weighted by atomic mass is 16.5. The highest BCUT2D eigenvalue weighted by molar-refractivity contribution is 5.81. The number of esters is 1. The first-order valence-electron chi connectivity index (χ1n) is 8.37. The Labute approximate surface area is 138 Å². The second-order valence-corrected chi connectivity index (χ2v) is 6.96. The number of carbonyl (C=O) groups is 2. The minimum Gasteiger partial charge on any atom is -0.481 e. The minimum absolute atomic E-state index is 0.315. The fourth-order valence-electron chi connectivity index (χ4n) is 2.34. The molecule has 0 saturated heterocycles. The number of aliphatic carboxylic acids is 1. The third kappa shape index (κ3) is 9.56. The van der Waals surface area contributed by atoms with Crippen molar-refractivity contribution in [3.63, 3.8) is 0 Å². The third-order valence-corrected chi connectivity index (χ3v) is 3.84. The molecule has 0 aromatic carbocycles. The zero-order chi connectivity index (χ0) is 18.0. The Kier molecular flexibility index (Phi) is 10.8. The molecule has 3 N–H and O–H groups in total. The topological polar surface area (TPSA) is 104 Å². The van der Waals surface area contributed by atoms with Gasteiger partial charge in [-0.1, -0.05) is 40.5 Å². The van der Waals surface area contributed by atoms with Gasteiger partial charge in [-0.05, 0) is 24.7 Å². The first-order valence-corrected chi connectivity index (χ1v) is 8.37. The number of aliphatic hydroxyl groups excluding tert-OH is 2. The van der Waals surface area contributed by atoms with Gasteiger partial charge in [-0.3, -0.25) is 9.59 Å². The van der Waals surface area contributed by atoms with Crippen LogP contribution < -0.4 is 0 Å². The van der Waals surface area contributed by atoms with E-state index in [1.807, 2.05) is 27.7 Å². The van der Waals surface area contributed by atoms with Crippen LogP contribution >= 0.6 is 0 Å². The van der Waals surface area contributed by atoms with Gasteiger partial charge < -0.3 is 20.1 Å². The molecular formula is C17H32O6. The van der Waals surface area contributed by atoms with Crippen LogP contribution in [0.4, 0.5) is 0 Å². The number of hydrogen-bond acceptors (Lipinski definition) is 5. The molecule has 0 bridgehead atoms. The summed E-state index contributed by atoms with van der Waals surface area (Å²) in [4.78, 5) is 23.9. The molecule has 0 amide bonds. The van der Waals surface area contributed by atoms with E-state index in [0.717, 1.165) is 12.8 Å². The van der Waals surface area contributed by atoms with Crippen LogP contribution in [0, 0.1) is 23.7 Å². The van der Waals surface area contributed by atoms with Crippen molar-refractivity contribution in [3.8, 4) is 0 Å². The molecule has 0 radical (unpaired) electrons. The molecule has 0 aliphatic heterocycles.